The largest absolute Gasteiger partial charge is 0.378 e. The summed E-state index contributed by atoms with van der Waals surface area (Å²) in [5.74, 6) is 0. The number of hydrogen-bond acceptors (Lipinski definition) is 3. The van der Waals surface area contributed by atoms with Gasteiger partial charge in [-0.25, -0.2) is 0 Å². The fourth-order valence-electron chi connectivity index (χ4n) is 2.84. The summed E-state index contributed by atoms with van der Waals surface area (Å²) in [6, 6.07) is 8.91. The first-order valence-corrected chi connectivity index (χ1v) is 7.57. The molecule has 1 fully saturated rings. The topological polar surface area (TPSA) is 25.4 Å². The number of anilines is 1. The normalized spacial score (nSPS) is 15.8. The molecule has 1 aliphatic rings. The molecule has 20 heavy (non-hydrogen) atoms. The molecule has 0 spiro atoms. The van der Waals surface area contributed by atoms with Gasteiger partial charge in [-0.05, 0) is 42.7 Å². The van der Waals surface area contributed by atoms with Crippen molar-refractivity contribution in [3.63, 3.8) is 0 Å². The predicted octanol–water partition coefficient (Wildman–Crippen LogP) is 3.20. The van der Waals surface area contributed by atoms with E-state index in [0.717, 1.165) is 44.7 Å². The minimum atomic E-state index is 0.825. The first-order chi connectivity index (χ1) is 9.81. The molecule has 1 aromatic heterocycles. The van der Waals surface area contributed by atoms with Crippen molar-refractivity contribution in [2.45, 2.75) is 26.7 Å². The summed E-state index contributed by atoms with van der Waals surface area (Å²) < 4.78 is 5.43. The molecule has 2 aromatic rings. The molecule has 3 nitrogen and oxygen atoms in total. The minimum Gasteiger partial charge on any atom is -0.378 e. The van der Waals surface area contributed by atoms with Crippen LogP contribution in [-0.4, -0.2) is 31.3 Å². The van der Waals surface area contributed by atoms with Crippen LogP contribution in [0, 0.1) is 0 Å². The summed E-state index contributed by atoms with van der Waals surface area (Å²) >= 11 is 0. The predicted molar refractivity (Wildman–Crippen MR) is 83.5 cm³/mol. The zero-order chi connectivity index (χ0) is 13.9. The third-order valence-electron chi connectivity index (χ3n) is 4.05. The molecule has 0 bridgehead atoms. The van der Waals surface area contributed by atoms with Crippen LogP contribution in [-0.2, 0) is 17.6 Å². The van der Waals surface area contributed by atoms with Crippen molar-refractivity contribution in [2.75, 3.05) is 31.2 Å². The molecule has 3 rings (SSSR count). The lowest BCUT2D eigenvalue weighted by Crippen LogP contribution is -2.36. The summed E-state index contributed by atoms with van der Waals surface area (Å²) in [5.41, 5.74) is 5.01. The van der Waals surface area contributed by atoms with Gasteiger partial charge in [0.25, 0.3) is 0 Å². The third kappa shape index (κ3) is 2.50. The Morgan fingerprint density at radius 3 is 2.60 bits per heavy atom. The Kier molecular flexibility index (Phi) is 3.88. The number of rotatable bonds is 3. The molecule has 0 radical (unpaired) electrons. The van der Waals surface area contributed by atoms with Gasteiger partial charge in [0.1, 0.15) is 0 Å². The van der Waals surface area contributed by atoms with E-state index in [0.29, 0.717) is 0 Å². The highest BCUT2D eigenvalue weighted by Crippen LogP contribution is 2.26. The fraction of sp³-hybridized carbons (Fsp3) is 0.471. The number of benzene rings is 1. The van der Waals surface area contributed by atoms with Gasteiger partial charge in [-0.1, -0.05) is 13.8 Å². The fourth-order valence-corrected chi connectivity index (χ4v) is 2.84. The van der Waals surface area contributed by atoms with Crippen molar-refractivity contribution in [1.29, 1.82) is 0 Å². The van der Waals surface area contributed by atoms with Crippen LogP contribution in [0.5, 0.6) is 0 Å². The van der Waals surface area contributed by atoms with Crippen molar-refractivity contribution in [1.82, 2.24) is 4.98 Å². The van der Waals surface area contributed by atoms with E-state index in [1.807, 2.05) is 0 Å². The lowest BCUT2D eigenvalue weighted by molar-refractivity contribution is 0.122. The van der Waals surface area contributed by atoms with E-state index in [4.69, 9.17) is 9.72 Å². The van der Waals surface area contributed by atoms with Gasteiger partial charge in [0.2, 0.25) is 0 Å². The summed E-state index contributed by atoms with van der Waals surface area (Å²) in [6.45, 7) is 7.99. The van der Waals surface area contributed by atoms with Crippen molar-refractivity contribution in [2.24, 2.45) is 0 Å². The van der Waals surface area contributed by atoms with E-state index in [1.165, 1.54) is 22.3 Å². The quantitative estimate of drug-likeness (QED) is 0.856. The smallest absolute Gasteiger partial charge is 0.0709 e. The van der Waals surface area contributed by atoms with E-state index in [1.54, 1.807) is 0 Å². The molecule has 0 saturated carbocycles. The highest BCUT2D eigenvalue weighted by Gasteiger charge is 2.12. The Labute approximate surface area is 120 Å². The molecule has 1 aliphatic heterocycles. The van der Waals surface area contributed by atoms with E-state index < -0.39 is 0 Å². The molecule has 1 aromatic carbocycles. The second-order valence-electron chi connectivity index (χ2n) is 5.28. The number of pyridine rings is 1. The van der Waals surface area contributed by atoms with Crippen LogP contribution in [0.2, 0.25) is 0 Å². The summed E-state index contributed by atoms with van der Waals surface area (Å²) in [7, 11) is 0. The average Bonchev–Trinajstić information content (AvgIpc) is 2.54. The molecule has 0 atom stereocenters. The second kappa shape index (κ2) is 5.80. The minimum absolute atomic E-state index is 0.825. The van der Waals surface area contributed by atoms with E-state index in [9.17, 15) is 0 Å². The van der Waals surface area contributed by atoms with Crippen LogP contribution in [0.25, 0.3) is 10.9 Å². The van der Waals surface area contributed by atoms with Crippen LogP contribution < -0.4 is 4.90 Å². The van der Waals surface area contributed by atoms with Gasteiger partial charge in [0.05, 0.1) is 18.7 Å². The van der Waals surface area contributed by atoms with Crippen LogP contribution >= 0.6 is 0 Å². The number of nitrogens with zero attached hydrogens (tertiary/aromatic N) is 2. The van der Waals surface area contributed by atoms with Gasteiger partial charge in [-0.2, -0.15) is 0 Å². The van der Waals surface area contributed by atoms with Crippen molar-refractivity contribution in [3.05, 3.63) is 35.5 Å². The zero-order valence-corrected chi connectivity index (χ0v) is 12.4. The number of aromatic nitrogens is 1. The van der Waals surface area contributed by atoms with E-state index >= 15 is 0 Å². The number of morpholine rings is 1. The van der Waals surface area contributed by atoms with Gasteiger partial charge in [0, 0.05) is 29.9 Å². The molecular formula is C17H22N2O. The third-order valence-corrected chi connectivity index (χ3v) is 4.05. The summed E-state index contributed by atoms with van der Waals surface area (Å²) in [4.78, 5) is 7.14. The van der Waals surface area contributed by atoms with Crippen molar-refractivity contribution in [3.8, 4) is 0 Å². The van der Waals surface area contributed by atoms with Crippen LogP contribution in [0.15, 0.2) is 24.3 Å². The molecule has 0 aliphatic carbocycles. The first-order valence-electron chi connectivity index (χ1n) is 7.57. The van der Waals surface area contributed by atoms with E-state index in [2.05, 4.69) is 43.0 Å². The van der Waals surface area contributed by atoms with Gasteiger partial charge in [-0.15, -0.1) is 0 Å². The summed E-state index contributed by atoms with van der Waals surface area (Å²) in [5, 5.41) is 1.30. The molecule has 2 heterocycles. The van der Waals surface area contributed by atoms with Gasteiger partial charge >= 0.3 is 0 Å². The molecule has 0 N–H and O–H groups in total. The number of fused-ring (bicyclic) bond motifs is 1. The molecule has 0 unspecified atom stereocenters. The van der Waals surface area contributed by atoms with Crippen LogP contribution in [0.1, 0.15) is 25.1 Å². The van der Waals surface area contributed by atoms with Gasteiger partial charge in [0.15, 0.2) is 0 Å². The Morgan fingerprint density at radius 1 is 1.10 bits per heavy atom. The second-order valence-corrected chi connectivity index (χ2v) is 5.28. The lowest BCUT2D eigenvalue weighted by Gasteiger charge is -2.29. The standard InChI is InChI=1S/C17H22N2O/c1-3-13-11-14(4-2)18-17-6-5-15(12-16(13)17)19-7-9-20-10-8-19/h5-6,11-12H,3-4,7-10H2,1-2H3. The average molecular weight is 270 g/mol. The SMILES string of the molecule is CCc1cc(CC)c2cc(N3CCOCC3)ccc2n1. The van der Waals surface area contributed by atoms with Crippen molar-refractivity contribution >= 4 is 16.6 Å². The summed E-state index contributed by atoms with van der Waals surface area (Å²) in [6.07, 6.45) is 2.05. The Balaban J connectivity index is 2.05. The molecule has 1 saturated heterocycles. The Bertz CT molecular complexity index is 603. The van der Waals surface area contributed by atoms with Crippen molar-refractivity contribution < 1.29 is 4.74 Å². The van der Waals surface area contributed by atoms with Gasteiger partial charge in [-0.3, -0.25) is 4.98 Å². The molecular weight excluding hydrogens is 248 g/mol. The number of hydrogen-bond donors (Lipinski definition) is 0. The number of ether oxygens (including phenoxy) is 1. The monoisotopic (exact) mass is 270 g/mol. The van der Waals surface area contributed by atoms with E-state index in [-0.39, 0.29) is 0 Å². The Hall–Kier alpha value is -1.61. The molecule has 106 valence electrons. The first kappa shape index (κ1) is 13.4. The Morgan fingerprint density at radius 2 is 1.90 bits per heavy atom. The molecule has 3 heteroatoms. The lowest BCUT2D eigenvalue weighted by atomic mass is 10.0. The van der Waals surface area contributed by atoms with Crippen LogP contribution in [0.3, 0.4) is 0 Å². The maximum absolute atomic E-state index is 5.43. The number of aryl methyl sites for hydroxylation is 2. The van der Waals surface area contributed by atoms with Gasteiger partial charge < -0.3 is 9.64 Å². The maximum Gasteiger partial charge on any atom is 0.0709 e. The van der Waals surface area contributed by atoms with Crippen LogP contribution in [0.4, 0.5) is 5.69 Å². The highest BCUT2D eigenvalue weighted by atomic mass is 16.5. The highest BCUT2D eigenvalue weighted by molar-refractivity contribution is 5.86. The maximum atomic E-state index is 5.43. The zero-order valence-electron chi connectivity index (χ0n) is 12.4. The molecule has 0 amide bonds.